The molecule has 2 atom stereocenters. The molecule has 146 valence electrons. The molecule has 2 amide bonds. The van der Waals surface area contributed by atoms with Gasteiger partial charge in [0.15, 0.2) is 0 Å². The Morgan fingerprint density at radius 1 is 1.14 bits per heavy atom. The smallest absolute Gasteiger partial charge is 0.246 e. The Hall–Kier alpha value is -3.34. The van der Waals surface area contributed by atoms with Gasteiger partial charge in [-0.15, -0.1) is 6.58 Å². The van der Waals surface area contributed by atoms with Gasteiger partial charge in [0.1, 0.15) is 12.6 Å². The van der Waals surface area contributed by atoms with E-state index in [0.717, 1.165) is 33.3 Å². The molecule has 5 heteroatoms. The number of nitrogens with zero attached hydrogens (tertiary/aromatic N) is 2. The first-order valence-corrected chi connectivity index (χ1v) is 9.96. The number of fused-ring (bicyclic) bond motifs is 4. The van der Waals surface area contributed by atoms with Crippen molar-refractivity contribution in [3.8, 4) is 0 Å². The summed E-state index contributed by atoms with van der Waals surface area (Å²) in [4.78, 5) is 33.5. The number of aryl methyl sites for hydroxylation is 1. The number of rotatable bonds is 3. The minimum atomic E-state index is -0.493. The number of amides is 2. The van der Waals surface area contributed by atoms with Crippen molar-refractivity contribution in [2.45, 2.75) is 25.4 Å². The number of carbonyl (C=O) groups is 2. The number of aromatic amines is 1. The molecule has 1 saturated heterocycles. The van der Waals surface area contributed by atoms with E-state index in [0.29, 0.717) is 13.0 Å². The number of para-hydroxylation sites is 1. The van der Waals surface area contributed by atoms with Gasteiger partial charge >= 0.3 is 0 Å². The molecule has 5 nitrogen and oxygen atoms in total. The van der Waals surface area contributed by atoms with Gasteiger partial charge in [0.2, 0.25) is 11.8 Å². The fourth-order valence-electron chi connectivity index (χ4n) is 4.85. The van der Waals surface area contributed by atoms with Gasteiger partial charge < -0.3 is 14.8 Å². The molecule has 3 aromatic rings. The van der Waals surface area contributed by atoms with E-state index in [-0.39, 0.29) is 24.4 Å². The summed E-state index contributed by atoms with van der Waals surface area (Å²) in [7, 11) is 0. The highest BCUT2D eigenvalue weighted by Gasteiger charge is 2.48. The maximum atomic E-state index is 13.3. The fourth-order valence-corrected chi connectivity index (χ4v) is 4.85. The normalized spacial score (nSPS) is 21.3. The molecular formula is C24H23N3O2. The number of hydrogen-bond donors (Lipinski definition) is 1. The van der Waals surface area contributed by atoms with Crippen LogP contribution in [0, 0.1) is 6.92 Å². The maximum absolute atomic E-state index is 13.3. The first-order valence-electron chi connectivity index (χ1n) is 9.96. The lowest BCUT2D eigenvalue weighted by atomic mass is 9.85. The minimum absolute atomic E-state index is 0.000912. The van der Waals surface area contributed by atoms with E-state index in [9.17, 15) is 9.59 Å². The SMILES string of the molecule is C=CCN1CC(=O)N2C(c3ccccc3C)c3[nH]c4ccccc4c3C[C@H]2C1=O. The molecule has 0 radical (unpaired) electrons. The van der Waals surface area contributed by atoms with Crippen LogP contribution in [0.3, 0.4) is 0 Å². The third-order valence-corrected chi connectivity index (χ3v) is 6.17. The van der Waals surface area contributed by atoms with E-state index in [2.05, 4.69) is 42.8 Å². The lowest BCUT2D eigenvalue weighted by Crippen LogP contribution is -2.63. The van der Waals surface area contributed by atoms with Crippen LogP contribution in [-0.4, -0.2) is 45.7 Å². The van der Waals surface area contributed by atoms with Crippen molar-refractivity contribution in [1.29, 1.82) is 0 Å². The Kier molecular flexibility index (Phi) is 4.05. The van der Waals surface area contributed by atoms with E-state index in [1.807, 2.05) is 29.2 Å². The van der Waals surface area contributed by atoms with Crippen molar-refractivity contribution in [1.82, 2.24) is 14.8 Å². The second-order valence-corrected chi connectivity index (χ2v) is 7.85. The Morgan fingerprint density at radius 3 is 2.69 bits per heavy atom. The molecule has 0 saturated carbocycles. The summed E-state index contributed by atoms with van der Waals surface area (Å²) >= 11 is 0. The summed E-state index contributed by atoms with van der Waals surface area (Å²) in [5, 5.41) is 1.13. The highest BCUT2D eigenvalue weighted by Crippen LogP contribution is 2.43. The van der Waals surface area contributed by atoms with Crippen molar-refractivity contribution < 1.29 is 9.59 Å². The van der Waals surface area contributed by atoms with Crippen LogP contribution >= 0.6 is 0 Å². The predicted molar refractivity (Wildman–Crippen MR) is 112 cm³/mol. The van der Waals surface area contributed by atoms with Crippen molar-refractivity contribution in [2.75, 3.05) is 13.1 Å². The van der Waals surface area contributed by atoms with Crippen LogP contribution < -0.4 is 0 Å². The average molecular weight is 385 g/mol. The molecule has 0 aliphatic carbocycles. The molecule has 2 aliphatic heterocycles. The highest BCUT2D eigenvalue weighted by molar-refractivity contribution is 5.97. The van der Waals surface area contributed by atoms with Crippen molar-refractivity contribution >= 4 is 22.7 Å². The Labute approximate surface area is 169 Å². The second kappa shape index (κ2) is 6.62. The van der Waals surface area contributed by atoms with Gasteiger partial charge in [-0.25, -0.2) is 0 Å². The van der Waals surface area contributed by atoms with Gasteiger partial charge in [0, 0.05) is 29.6 Å². The molecule has 3 heterocycles. The summed E-state index contributed by atoms with van der Waals surface area (Å²) in [5.41, 5.74) is 5.37. The summed E-state index contributed by atoms with van der Waals surface area (Å²) in [5.74, 6) is -0.0203. The van der Waals surface area contributed by atoms with Crippen LogP contribution in [0.4, 0.5) is 0 Å². The molecular weight excluding hydrogens is 362 g/mol. The second-order valence-electron chi connectivity index (χ2n) is 7.85. The number of H-pyrrole nitrogens is 1. The Balaban J connectivity index is 1.74. The quantitative estimate of drug-likeness (QED) is 0.703. The van der Waals surface area contributed by atoms with Crippen molar-refractivity contribution in [2.24, 2.45) is 0 Å². The van der Waals surface area contributed by atoms with Crippen LogP contribution in [0.2, 0.25) is 0 Å². The maximum Gasteiger partial charge on any atom is 0.246 e. The van der Waals surface area contributed by atoms with Gasteiger partial charge in [-0.3, -0.25) is 9.59 Å². The molecule has 1 aromatic heterocycles. The minimum Gasteiger partial charge on any atom is -0.356 e. The standard InChI is InChI=1S/C24H23N3O2/c1-3-12-26-14-21(28)27-20(24(26)29)13-18-17-10-6-7-11-19(17)25-22(18)23(27)16-9-5-4-8-15(16)2/h3-11,20,23,25H,1,12-14H2,2H3/t20-,23?/m0/s1. The summed E-state index contributed by atoms with van der Waals surface area (Å²) < 4.78 is 0. The van der Waals surface area contributed by atoms with Gasteiger partial charge in [-0.05, 0) is 29.7 Å². The molecule has 1 fully saturated rings. The zero-order chi connectivity index (χ0) is 20.1. The molecule has 1 unspecified atom stereocenters. The number of aromatic nitrogens is 1. The zero-order valence-electron chi connectivity index (χ0n) is 16.4. The molecule has 1 N–H and O–H groups in total. The van der Waals surface area contributed by atoms with E-state index < -0.39 is 6.04 Å². The van der Waals surface area contributed by atoms with Crippen LogP contribution in [-0.2, 0) is 16.0 Å². The molecule has 2 aromatic carbocycles. The first-order chi connectivity index (χ1) is 14.1. The summed E-state index contributed by atoms with van der Waals surface area (Å²) in [6, 6.07) is 15.5. The number of hydrogen-bond acceptors (Lipinski definition) is 2. The zero-order valence-corrected chi connectivity index (χ0v) is 16.4. The molecule has 0 bridgehead atoms. The average Bonchev–Trinajstić information content (AvgIpc) is 3.09. The van der Waals surface area contributed by atoms with E-state index in [1.165, 1.54) is 0 Å². The Bertz CT molecular complexity index is 1150. The molecule has 0 spiro atoms. The third-order valence-electron chi connectivity index (χ3n) is 6.17. The largest absolute Gasteiger partial charge is 0.356 e. The number of piperazine rings is 1. The number of benzene rings is 2. The number of carbonyl (C=O) groups excluding carboxylic acids is 2. The fraction of sp³-hybridized carbons (Fsp3) is 0.250. The molecule has 2 aliphatic rings. The molecule has 29 heavy (non-hydrogen) atoms. The van der Waals surface area contributed by atoms with Gasteiger partial charge in [0.25, 0.3) is 0 Å². The number of nitrogens with one attached hydrogen (secondary N) is 1. The lowest BCUT2D eigenvalue weighted by molar-refractivity contribution is -0.158. The van der Waals surface area contributed by atoms with E-state index >= 15 is 0 Å². The summed E-state index contributed by atoms with van der Waals surface area (Å²) in [6.07, 6.45) is 2.21. The third kappa shape index (κ3) is 2.61. The van der Waals surface area contributed by atoms with Crippen molar-refractivity contribution in [3.05, 3.63) is 83.6 Å². The van der Waals surface area contributed by atoms with Crippen LogP contribution in [0.1, 0.15) is 28.4 Å². The Morgan fingerprint density at radius 2 is 1.90 bits per heavy atom. The predicted octanol–water partition coefficient (Wildman–Crippen LogP) is 3.35. The highest BCUT2D eigenvalue weighted by atomic mass is 16.2. The van der Waals surface area contributed by atoms with Crippen LogP contribution in [0.25, 0.3) is 10.9 Å². The summed E-state index contributed by atoms with van der Waals surface area (Å²) in [6.45, 7) is 6.28. The van der Waals surface area contributed by atoms with Gasteiger partial charge in [0.05, 0.1) is 6.04 Å². The lowest BCUT2D eigenvalue weighted by Gasteiger charge is -2.47. The van der Waals surface area contributed by atoms with E-state index in [4.69, 9.17) is 0 Å². The topological polar surface area (TPSA) is 56.4 Å². The first kappa shape index (κ1) is 17.7. The van der Waals surface area contributed by atoms with Gasteiger partial charge in [-0.2, -0.15) is 0 Å². The van der Waals surface area contributed by atoms with Crippen LogP contribution in [0.15, 0.2) is 61.2 Å². The van der Waals surface area contributed by atoms with E-state index in [1.54, 1.807) is 11.0 Å². The van der Waals surface area contributed by atoms with Crippen LogP contribution in [0.5, 0.6) is 0 Å². The molecule has 5 rings (SSSR count). The van der Waals surface area contributed by atoms with Crippen molar-refractivity contribution in [3.63, 3.8) is 0 Å². The monoisotopic (exact) mass is 385 g/mol. The van der Waals surface area contributed by atoms with Gasteiger partial charge in [-0.1, -0.05) is 48.5 Å².